The largest absolute Gasteiger partial charge is 0.397 e. The zero-order chi connectivity index (χ0) is 26.1. The number of hydrogen-bond acceptors (Lipinski definition) is 4. The van der Waals surface area contributed by atoms with E-state index in [1.54, 1.807) is 20.8 Å². The number of pyridine rings is 1. The minimum atomic E-state index is -0.908. The fourth-order valence-electron chi connectivity index (χ4n) is 4.04. The molecular weight excluding hydrogens is 470 g/mol. The maximum atomic E-state index is 10.8. The summed E-state index contributed by atoms with van der Waals surface area (Å²) in [5.41, 5.74) is 4.63. The number of aliphatic hydroxyl groups is 3. The van der Waals surface area contributed by atoms with Gasteiger partial charge in [0.15, 0.2) is 0 Å². The van der Waals surface area contributed by atoms with Gasteiger partial charge in [0.1, 0.15) is 0 Å². The summed E-state index contributed by atoms with van der Waals surface area (Å²) in [7, 11) is 0. The molecule has 4 aromatic rings. The lowest BCUT2D eigenvalue weighted by Gasteiger charge is -2.22. The summed E-state index contributed by atoms with van der Waals surface area (Å²) >= 11 is 6.09. The molecule has 1 unspecified atom stereocenters. The molecule has 4 rings (SSSR count). The van der Waals surface area contributed by atoms with Crippen molar-refractivity contribution in [2.45, 2.75) is 45.3 Å². The number of aliphatic hydroxyl groups excluding tert-OH is 2. The van der Waals surface area contributed by atoms with E-state index in [1.807, 2.05) is 91.0 Å². The summed E-state index contributed by atoms with van der Waals surface area (Å²) in [4.78, 5) is 4.66. The third kappa shape index (κ3) is 7.74. The van der Waals surface area contributed by atoms with Crippen molar-refractivity contribution in [1.29, 1.82) is 0 Å². The molecule has 3 aromatic carbocycles. The van der Waals surface area contributed by atoms with E-state index in [2.05, 4.69) is 4.98 Å². The van der Waals surface area contributed by atoms with Crippen molar-refractivity contribution in [1.82, 2.24) is 4.98 Å². The molecule has 0 saturated carbocycles. The monoisotopic (exact) mass is 503 g/mol. The summed E-state index contributed by atoms with van der Waals surface area (Å²) < 4.78 is 0. The van der Waals surface area contributed by atoms with Gasteiger partial charge in [0.05, 0.1) is 22.9 Å². The van der Waals surface area contributed by atoms with Gasteiger partial charge in [-0.2, -0.15) is 0 Å². The Morgan fingerprint density at radius 3 is 2.42 bits per heavy atom. The molecule has 0 bridgehead atoms. The molecule has 0 saturated heterocycles. The van der Waals surface area contributed by atoms with Crippen LogP contribution in [0.4, 0.5) is 0 Å². The van der Waals surface area contributed by atoms with Gasteiger partial charge in [-0.3, -0.25) is 0 Å². The van der Waals surface area contributed by atoms with Crippen molar-refractivity contribution in [3.8, 4) is 0 Å². The normalized spacial score (nSPS) is 12.4. The van der Waals surface area contributed by atoms with Crippen LogP contribution in [0.15, 0.2) is 78.9 Å². The van der Waals surface area contributed by atoms with Crippen molar-refractivity contribution >= 4 is 34.7 Å². The summed E-state index contributed by atoms with van der Waals surface area (Å²) in [6.07, 6.45) is 4.64. The van der Waals surface area contributed by atoms with Crippen LogP contribution in [0.1, 0.15) is 61.2 Å². The molecule has 0 amide bonds. The van der Waals surface area contributed by atoms with E-state index < -0.39 is 11.7 Å². The van der Waals surface area contributed by atoms with Gasteiger partial charge in [-0.05, 0) is 86.2 Å². The topological polar surface area (TPSA) is 73.6 Å². The SMILES string of the molecule is CC(C)(O)c1ccccc1CCC(O)c1cccc(/C=C/c2ccc3ccc(Cl)cc3n2)c1.CCO. The van der Waals surface area contributed by atoms with Gasteiger partial charge < -0.3 is 15.3 Å². The Bertz CT molecular complexity index is 1310. The standard InChI is InChI=1S/C29H28ClNO2.C2H6O/c1-29(2,33)26-9-4-3-7-21(26)13-17-28(32)23-8-5-6-20(18-23)10-15-25-16-12-22-11-14-24(30)19-27(22)31-25;1-2-3/h3-12,14-16,18-19,28,32-33H,13,17H2,1-2H3;3H,2H2,1H3/b15-10+;. The highest BCUT2D eigenvalue weighted by molar-refractivity contribution is 6.31. The molecule has 0 spiro atoms. The smallest absolute Gasteiger partial charge is 0.0843 e. The molecule has 1 aromatic heterocycles. The Balaban J connectivity index is 0.00000115. The number of hydrogen-bond donors (Lipinski definition) is 3. The molecule has 0 aliphatic carbocycles. The van der Waals surface area contributed by atoms with Gasteiger partial charge in [0, 0.05) is 17.0 Å². The Hall–Kier alpha value is -3.02. The summed E-state index contributed by atoms with van der Waals surface area (Å²) in [6.45, 7) is 5.51. The Labute approximate surface area is 218 Å². The average Bonchev–Trinajstić information content (AvgIpc) is 2.86. The second kappa shape index (κ2) is 12.8. The summed E-state index contributed by atoms with van der Waals surface area (Å²) in [6, 6.07) is 25.5. The first kappa shape index (κ1) is 27.6. The van der Waals surface area contributed by atoms with Crippen LogP contribution in [-0.2, 0) is 12.0 Å². The zero-order valence-corrected chi connectivity index (χ0v) is 21.8. The predicted molar refractivity (Wildman–Crippen MR) is 150 cm³/mol. The van der Waals surface area contributed by atoms with Crippen LogP contribution in [-0.4, -0.2) is 26.9 Å². The van der Waals surface area contributed by atoms with E-state index in [0.717, 1.165) is 38.9 Å². The lowest BCUT2D eigenvalue weighted by atomic mass is 9.90. The van der Waals surface area contributed by atoms with Gasteiger partial charge in [-0.25, -0.2) is 4.98 Å². The minimum Gasteiger partial charge on any atom is -0.397 e. The average molecular weight is 504 g/mol. The van der Waals surface area contributed by atoms with E-state index in [1.165, 1.54) is 0 Å². The number of rotatable bonds is 7. The molecule has 0 fully saturated rings. The molecule has 5 heteroatoms. The summed E-state index contributed by atoms with van der Waals surface area (Å²) in [5, 5.41) is 30.5. The molecule has 3 N–H and O–H groups in total. The van der Waals surface area contributed by atoms with Crippen LogP contribution in [0, 0.1) is 0 Å². The van der Waals surface area contributed by atoms with Crippen molar-refractivity contribution in [3.63, 3.8) is 0 Å². The van der Waals surface area contributed by atoms with Crippen LogP contribution in [0.5, 0.6) is 0 Å². The molecular formula is C31H34ClNO3. The summed E-state index contributed by atoms with van der Waals surface area (Å²) in [5.74, 6) is 0. The Morgan fingerprint density at radius 1 is 0.944 bits per heavy atom. The van der Waals surface area contributed by atoms with Crippen molar-refractivity contribution in [3.05, 3.63) is 112 Å². The number of aromatic nitrogens is 1. The fraction of sp³-hybridized carbons (Fsp3) is 0.258. The Kier molecular flexibility index (Phi) is 9.80. The second-order valence-electron chi connectivity index (χ2n) is 9.16. The van der Waals surface area contributed by atoms with Gasteiger partial charge in [-0.15, -0.1) is 0 Å². The predicted octanol–water partition coefficient (Wildman–Crippen LogP) is 6.95. The van der Waals surface area contributed by atoms with E-state index >= 15 is 0 Å². The van der Waals surface area contributed by atoms with Crippen LogP contribution in [0.3, 0.4) is 0 Å². The maximum Gasteiger partial charge on any atom is 0.0843 e. The van der Waals surface area contributed by atoms with E-state index in [0.29, 0.717) is 17.9 Å². The van der Waals surface area contributed by atoms with Gasteiger partial charge in [0.2, 0.25) is 0 Å². The number of aryl methyl sites for hydroxylation is 1. The molecule has 0 radical (unpaired) electrons. The lowest BCUT2D eigenvalue weighted by Crippen LogP contribution is -2.18. The zero-order valence-electron chi connectivity index (χ0n) is 21.0. The highest BCUT2D eigenvalue weighted by Gasteiger charge is 2.20. The lowest BCUT2D eigenvalue weighted by molar-refractivity contribution is 0.0772. The highest BCUT2D eigenvalue weighted by atomic mass is 35.5. The molecule has 1 heterocycles. The van der Waals surface area contributed by atoms with E-state index in [4.69, 9.17) is 16.7 Å². The van der Waals surface area contributed by atoms with Crippen LogP contribution >= 0.6 is 11.6 Å². The molecule has 4 nitrogen and oxygen atoms in total. The van der Waals surface area contributed by atoms with Gasteiger partial charge in [0.25, 0.3) is 0 Å². The van der Waals surface area contributed by atoms with Crippen LogP contribution in [0.25, 0.3) is 23.1 Å². The number of nitrogens with zero attached hydrogens (tertiary/aromatic N) is 1. The molecule has 0 aliphatic heterocycles. The first-order chi connectivity index (χ1) is 17.2. The van der Waals surface area contributed by atoms with Crippen molar-refractivity contribution in [2.24, 2.45) is 0 Å². The molecule has 1 atom stereocenters. The molecule has 0 aliphatic rings. The third-order valence-electron chi connectivity index (χ3n) is 5.78. The van der Waals surface area contributed by atoms with Gasteiger partial charge in [-0.1, -0.05) is 72.3 Å². The van der Waals surface area contributed by atoms with Crippen molar-refractivity contribution in [2.75, 3.05) is 6.61 Å². The third-order valence-corrected chi connectivity index (χ3v) is 6.02. The highest BCUT2D eigenvalue weighted by Crippen LogP contribution is 2.27. The van der Waals surface area contributed by atoms with E-state index in [9.17, 15) is 10.2 Å². The van der Waals surface area contributed by atoms with Crippen LogP contribution in [0.2, 0.25) is 5.02 Å². The first-order valence-corrected chi connectivity index (χ1v) is 12.5. The number of benzene rings is 3. The van der Waals surface area contributed by atoms with Crippen LogP contribution < -0.4 is 0 Å². The fourth-order valence-corrected chi connectivity index (χ4v) is 4.21. The van der Waals surface area contributed by atoms with E-state index in [-0.39, 0.29) is 6.61 Å². The molecule has 188 valence electrons. The van der Waals surface area contributed by atoms with Gasteiger partial charge >= 0.3 is 0 Å². The minimum absolute atomic E-state index is 0.250. The Morgan fingerprint density at radius 2 is 1.67 bits per heavy atom. The number of fused-ring (bicyclic) bond motifs is 1. The first-order valence-electron chi connectivity index (χ1n) is 12.1. The maximum absolute atomic E-state index is 10.8. The van der Waals surface area contributed by atoms with Crippen molar-refractivity contribution < 1.29 is 15.3 Å². The quantitative estimate of drug-likeness (QED) is 0.255. The number of halogens is 1. The molecule has 36 heavy (non-hydrogen) atoms. The second-order valence-corrected chi connectivity index (χ2v) is 9.60.